The van der Waals surface area contributed by atoms with E-state index in [0.29, 0.717) is 17.3 Å². The molecule has 0 unspecified atom stereocenters. The van der Waals surface area contributed by atoms with Gasteiger partial charge in [0, 0.05) is 12.5 Å². The fourth-order valence-corrected chi connectivity index (χ4v) is 5.91. The highest BCUT2D eigenvalue weighted by Gasteiger charge is 2.44. The Kier molecular flexibility index (Phi) is 4.37. The lowest BCUT2D eigenvalue weighted by atomic mass is 9.95. The molecule has 2 bridgehead atoms. The molecule has 3 aliphatic rings. The van der Waals surface area contributed by atoms with Crippen molar-refractivity contribution in [2.75, 3.05) is 18.4 Å². The van der Waals surface area contributed by atoms with Gasteiger partial charge in [-0.15, -0.1) is 0 Å². The number of carbonyl (C=O) groups excluding carboxylic acids is 2. The Hall–Kier alpha value is -3.27. The minimum absolute atomic E-state index is 0.0114. The molecule has 1 saturated heterocycles. The Morgan fingerprint density at radius 2 is 1.90 bits per heavy atom. The minimum atomic E-state index is -4.37. The fraction of sp³-hybridized carbons (Fsp3) is 0.238. The molecule has 7 nitrogen and oxygen atoms in total. The summed E-state index contributed by atoms with van der Waals surface area (Å²) in [6.07, 6.45) is 2.54. The maximum atomic E-state index is 13.6. The molecule has 31 heavy (non-hydrogen) atoms. The molecule has 1 N–H and O–H groups in total. The van der Waals surface area contributed by atoms with Crippen LogP contribution in [0.2, 0.25) is 0 Å². The standard InChI is InChI=1S/C21H17F2N3O4S/c22-14-3-1-2-12(6-14)17-9-16-7-13(17)10-25(16)20(27)11-26-21(28)24-18-5-4-15(23)8-19(18)31(26,29)30/h1-6,8-9,13,16H,7,10-11H2,(H,24,28)/t13-,16-/m1/s1. The third kappa shape index (κ3) is 3.18. The van der Waals surface area contributed by atoms with E-state index in [4.69, 9.17) is 0 Å². The van der Waals surface area contributed by atoms with Crippen LogP contribution in [0.3, 0.4) is 0 Å². The molecule has 160 valence electrons. The van der Waals surface area contributed by atoms with Crippen LogP contribution in [0.25, 0.3) is 5.57 Å². The van der Waals surface area contributed by atoms with Crippen molar-refractivity contribution < 1.29 is 26.8 Å². The van der Waals surface area contributed by atoms with E-state index in [1.54, 1.807) is 6.07 Å². The number of hydrogen-bond donors (Lipinski definition) is 1. The average Bonchev–Trinajstić information content (AvgIpc) is 3.33. The first-order chi connectivity index (χ1) is 14.7. The summed E-state index contributed by atoms with van der Waals surface area (Å²) in [5.74, 6) is -1.62. The van der Waals surface area contributed by atoms with Crippen molar-refractivity contribution >= 4 is 33.2 Å². The zero-order chi connectivity index (χ0) is 21.9. The third-order valence-corrected chi connectivity index (χ3v) is 7.66. The number of carbonyl (C=O) groups is 2. The van der Waals surface area contributed by atoms with Gasteiger partial charge in [0.2, 0.25) is 5.91 Å². The van der Waals surface area contributed by atoms with E-state index in [1.165, 1.54) is 17.0 Å². The van der Waals surface area contributed by atoms with E-state index < -0.39 is 39.2 Å². The van der Waals surface area contributed by atoms with E-state index in [2.05, 4.69) is 5.32 Å². The molecule has 2 aliphatic heterocycles. The number of nitrogens with one attached hydrogen (secondary N) is 1. The monoisotopic (exact) mass is 445 g/mol. The van der Waals surface area contributed by atoms with Crippen LogP contribution in [0.1, 0.15) is 12.0 Å². The van der Waals surface area contributed by atoms with E-state index in [9.17, 15) is 26.8 Å². The number of urea groups is 1. The van der Waals surface area contributed by atoms with Crippen LogP contribution < -0.4 is 5.32 Å². The lowest BCUT2D eigenvalue weighted by Gasteiger charge is -2.32. The van der Waals surface area contributed by atoms with Crippen LogP contribution in [0.15, 0.2) is 53.4 Å². The molecule has 10 heteroatoms. The summed E-state index contributed by atoms with van der Waals surface area (Å²) in [5, 5.41) is 2.38. The van der Waals surface area contributed by atoms with Crippen molar-refractivity contribution in [3.8, 4) is 0 Å². The quantitative estimate of drug-likeness (QED) is 0.787. The summed E-state index contributed by atoms with van der Waals surface area (Å²) < 4.78 is 53.2. The van der Waals surface area contributed by atoms with Crippen LogP contribution in [-0.2, 0) is 14.8 Å². The van der Waals surface area contributed by atoms with E-state index in [1.807, 2.05) is 12.1 Å². The zero-order valence-corrected chi connectivity index (χ0v) is 16.9. The number of fused-ring (bicyclic) bond motifs is 3. The number of anilines is 1. The van der Waals surface area contributed by atoms with Gasteiger partial charge in [0.05, 0.1) is 11.7 Å². The van der Waals surface area contributed by atoms with Crippen molar-refractivity contribution in [3.05, 3.63) is 65.7 Å². The summed E-state index contributed by atoms with van der Waals surface area (Å²) in [6, 6.07) is 8.04. The van der Waals surface area contributed by atoms with Crippen LogP contribution in [0, 0.1) is 17.6 Å². The highest BCUT2D eigenvalue weighted by Crippen LogP contribution is 2.42. The SMILES string of the molecule is O=C(CN1C(=O)Nc2ccc(F)cc2S1(=O)=O)N1C[C@H]2C[C@@H]1C=C2c1cccc(F)c1. The number of sulfonamides is 1. The Bertz CT molecular complexity index is 1260. The molecule has 2 aromatic rings. The summed E-state index contributed by atoms with van der Waals surface area (Å²) in [6.45, 7) is -0.330. The van der Waals surface area contributed by atoms with Gasteiger partial charge in [-0.1, -0.05) is 18.2 Å². The summed E-state index contributed by atoms with van der Waals surface area (Å²) >= 11 is 0. The van der Waals surface area contributed by atoms with Gasteiger partial charge in [-0.05, 0) is 47.9 Å². The Labute approximate surface area is 177 Å². The average molecular weight is 445 g/mol. The van der Waals surface area contributed by atoms with Crippen molar-refractivity contribution in [2.24, 2.45) is 5.92 Å². The number of benzene rings is 2. The molecule has 2 atom stereocenters. The van der Waals surface area contributed by atoms with Gasteiger partial charge in [0.1, 0.15) is 23.1 Å². The van der Waals surface area contributed by atoms with Gasteiger partial charge in [0.15, 0.2) is 0 Å². The highest BCUT2D eigenvalue weighted by molar-refractivity contribution is 7.90. The largest absolute Gasteiger partial charge is 0.336 e. The van der Waals surface area contributed by atoms with Crippen molar-refractivity contribution in [3.63, 3.8) is 0 Å². The third-order valence-electron chi connectivity index (χ3n) is 5.89. The van der Waals surface area contributed by atoms with E-state index in [-0.39, 0.29) is 23.5 Å². The second kappa shape index (κ2) is 6.88. The Morgan fingerprint density at radius 3 is 2.61 bits per heavy atom. The number of nitrogens with zero attached hydrogens (tertiary/aromatic N) is 2. The fourth-order valence-electron chi connectivity index (χ4n) is 4.47. The number of likely N-dealkylation sites (tertiary alicyclic amines) is 1. The van der Waals surface area contributed by atoms with Crippen LogP contribution >= 0.6 is 0 Å². The maximum absolute atomic E-state index is 13.6. The molecule has 2 heterocycles. The molecule has 2 aromatic carbocycles. The lowest BCUT2D eigenvalue weighted by molar-refractivity contribution is -0.131. The first-order valence-electron chi connectivity index (χ1n) is 9.64. The first kappa shape index (κ1) is 19.7. The predicted molar refractivity (Wildman–Crippen MR) is 107 cm³/mol. The van der Waals surface area contributed by atoms with Gasteiger partial charge in [0.25, 0.3) is 10.0 Å². The van der Waals surface area contributed by atoms with E-state index in [0.717, 1.165) is 29.3 Å². The molecule has 1 aliphatic carbocycles. The molecule has 0 radical (unpaired) electrons. The van der Waals surface area contributed by atoms with Crippen molar-refractivity contribution in [1.82, 2.24) is 9.21 Å². The number of rotatable bonds is 3. The molecule has 1 fully saturated rings. The second-order valence-electron chi connectivity index (χ2n) is 7.76. The van der Waals surface area contributed by atoms with Crippen LogP contribution in [0.4, 0.5) is 19.3 Å². The smallest absolute Gasteiger partial charge is 0.334 e. The van der Waals surface area contributed by atoms with Crippen molar-refractivity contribution in [1.29, 1.82) is 0 Å². The molecule has 0 aromatic heterocycles. The molecule has 3 amide bonds. The van der Waals surface area contributed by atoms with Gasteiger partial charge in [-0.3, -0.25) is 4.79 Å². The number of amides is 3. The second-order valence-corrected chi connectivity index (χ2v) is 9.59. The molecule has 0 spiro atoms. The Morgan fingerprint density at radius 1 is 1.13 bits per heavy atom. The summed E-state index contributed by atoms with van der Waals surface area (Å²) in [4.78, 5) is 26.4. The van der Waals surface area contributed by atoms with Gasteiger partial charge < -0.3 is 10.2 Å². The normalized spacial score (nSPS) is 23.4. The summed E-state index contributed by atoms with van der Waals surface area (Å²) in [5.41, 5.74) is 1.69. The van der Waals surface area contributed by atoms with Gasteiger partial charge in [-0.2, -0.15) is 0 Å². The van der Waals surface area contributed by atoms with Crippen LogP contribution in [-0.4, -0.2) is 48.7 Å². The van der Waals surface area contributed by atoms with Crippen molar-refractivity contribution in [2.45, 2.75) is 17.4 Å². The Balaban J connectivity index is 1.36. The lowest BCUT2D eigenvalue weighted by Crippen LogP contribution is -2.50. The molecular weight excluding hydrogens is 428 g/mol. The number of hydrogen-bond acceptors (Lipinski definition) is 4. The first-order valence-corrected chi connectivity index (χ1v) is 11.1. The molecule has 0 saturated carbocycles. The number of halogens is 2. The van der Waals surface area contributed by atoms with Crippen LogP contribution in [0.5, 0.6) is 0 Å². The summed E-state index contributed by atoms with van der Waals surface area (Å²) in [7, 11) is -4.37. The van der Waals surface area contributed by atoms with E-state index >= 15 is 0 Å². The zero-order valence-electron chi connectivity index (χ0n) is 16.1. The highest BCUT2D eigenvalue weighted by atomic mass is 32.2. The topological polar surface area (TPSA) is 86.8 Å². The van der Waals surface area contributed by atoms with Gasteiger partial charge in [-0.25, -0.2) is 26.3 Å². The van der Waals surface area contributed by atoms with Gasteiger partial charge >= 0.3 is 6.03 Å². The molecular formula is C21H17F2N3O4S. The maximum Gasteiger partial charge on any atom is 0.336 e. The molecule has 5 rings (SSSR count). The predicted octanol–water partition coefficient (Wildman–Crippen LogP) is 2.82. The minimum Gasteiger partial charge on any atom is -0.334 e.